The van der Waals surface area contributed by atoms with Crippen molar-refractivity contribution in [3.63, 3.8) is 0 Å². The van der Waals surface area contributed by atoms with Crippen LogP contribution in [0.2, 0.25) is 0 Å². The molecule has 0 atom stereocenters. The molecule has 0 unspecified atom stereocenters. The van der Waals surface area contributed by atoms with Gasteiger partial charge in [-0.05, 0) is 25.5 Å². The maximum Gasteiger partial charge on any atom is 0.159 e. The van der Waals surface area contributed by atoms with Gasteiger partial charge in [-0.25, -0.2) is 9.97 Å². The van der Waals surface area contributed by atoms with E-state index in [0.29, 0.717) is 6.54 Å². The van der Waals surface area contributed by atoms with Crippen molar-refractivity contribution in [1.82, 2.24) is 9.97 Å². The highest BCUT2D eigenvalue weighted by Crippen LogP contribution is 2.19. The second-order valence-corrected chi connectivity index (χ2v) is 4.18. The smallest absolute Gasteiger partial charge is 0.159 e. The van der Waals surface area contributed by atoms with E-state index < -0.39 is 0 Å². The first-order valence-corrected chi connectivity index (χ1v) is 6.13. The van der Waals surface area contributed by atoms with E-state index >= 15 is 0 Å². The number of aromatic nitrogens is 2. The minimum absolute atomic E-state index is 0.690. The Balaban J connectivity index is 2.10. The van der Waals surface area contributed by atoms with Crippen LogP contribution in [-0.4, -0.2) is 23.1 Å². The number of nitrogens with one attached hydrogen (secondary N) is 1. The maximum absolute atomic E-state index is 5.44. The standard InChI is InChI=1S/C14H18N4/c1-11-5-2-3-6-13(11)14-17-9-12(10-18-14)16-8-4-7-15/h2-3,5-6,9-10,16H,4,7-8,15H2,1H3. The van der Waals surface area contributed by atoms with Gasteiger partial charge in [0.05, 0.1) is 18.1 Å². The van der Waals surface area contributed by atoms with Crippen molar-refractivity contribution in [1.29, 1.82) is 0 Å². The number of benzene rings is 1. The lowest BCUT2D eigenvalue weighted by Crippen LogP contribution is -2.08. The summed E-state index contributed by atoms with van der Waals surface area (Å²) in [6.07, 6.45) is 4.57. The lowest BCUT2D eigenvalue weighted by atomic mass is 10.1. The molecule has 0 aliphatic carbocycles. The van der Waals surface area contributed by atoms with Gasteiger partial charge in [-0.3, -0.25) is 0 Å². The van der Waals surface area contributed by atoms with Gasteiger partial charge in [-0.15, -0.1) is 0 Å². The SMILES string of the molecule is Cc1ccccc1-c1ncc(NCCCN)cn1. The Morgan fingerprint density at radius 3 is 2.56 bits per heavy atom. The summed E-state index contributed by atoms with van der Waals surface area (Å²) in [5, 5.41) is 3.23. The Labute approximate surface area is 107 Å². The van der Waals surface area contributed by atoms with Crippen molar-refractivity contribution in [2.24, 2.45) is 5.73 Å². The van der Waals surface area contributed by atoms with E-state index in [0.717, 1.165) is 30.0 Å². The molecule has 18 heavy (non-hydrogen) atoms. The van der Waals surface area contributed by atoms with Crippen LogP contribution in [0.1, 0.15) is 12.0 Å². The van der Waals surface area contributed by atoms with Gasteiger partial charge in [-0.2, -0.15) is 0 Å². The molecule has 4 nitrogen and oxygen atoms in total. The molecule has 3 N–H and O–H groups in total. The van der Waals surface area contributed by atoms with E-state index in [1.165, 1.54) is 5.56 Å². The van der Waals surface area contributed by atoms with Crippen LogP contribution in [0.25, 0.3) is 11.4 Å². The Kier molecular flexibility index (Phi) is 4.25. The van der Waals surface area contributed by atoms with E-state index in [1.807, 2.05) is 30.6 Å². The molecule has 0 bridgehead atoms. The summed E-state index contributed by atoms with van der Waals surface area (Å²) in [5.74, 6) is 0.762. The van der Waals surface area contributed by atoms with Crippen LogP contribution in [0, 0.1) is 6.92 Å². The first-order valence-electron chi connectivity index (χ1n) is 6.13. The van der Waals surface area contributed by atoms with Crippen LogP contribution in [0.3, 0.4) is 0 Å². The molecule has 1 aromatic heterocycles. The quantitative estimate of drug-likeness (QED) is 0.789. The average Bonchev–Trinajstić information content (AvgIpc) is 2.41. The minimum Gasteiger partial charge on any atom is -0.383 e. The fourth-order valence-corrected chi connectivity index (χ4v) is 1.72. The zero-order valence-corrected chi connectivity index (χ0v) is 10.6. The lowest BCUT2D eigenvalue weighted by molar-refractivity contribution is 0.872. The number of hydrogen-bond donors (Lipinski definition) is 2. The normalized spacial score (nSPS) is 10.3. The third kappa shape index (κ3) is 3.05. The predicted octanol–water partition coefficient (Wildman–Crippen LogP) is 2.21. The van der Waals surface area contributed by atoms with Gasteiger partial charge in [0.25, 0.3) is 0 Å². The highest BCUT2D eigenvalue weighted by Gasteiger charge is 2.03. The molecule has 2 rings (SSSR count). The maximum atomic E-state index is 5.44. The van der Waals surface area contributed by atoms with Gasteiger partial charge < -0.3 is 11.1 Å². The van der Waals surface area contributed by atoms with Crippen molar-refractivity contribution in [2.75, 3.05) is 18.4 Å². The molecule has 0 fully saturated rings. The van der Waals surface area contributed by atoms with Crippen LogP contribution >= 0.6 is 0 Å². The zero-order chi connectivity index (χ0) is 12.8. The highest BCUT2D eigenvalue weighted by atomic mass is 14.9. The molecular weight excluding hydrogens is 224 g/mol. The third-order valence-corrected chi connectivity index (χ3v) is 2.75. The number of aryl methyl sites for hydroxylation is 1. The average molecular weight is 242 g/mol. The first-order chi connectivity index (χ1) is 8.81. The lowest BCUT2D eigenvalue weighted by Gasteiger charge is -2.07. The molecule has 0 saturated heterocycles. The molecule has 0 amide bonds. The summed E-state index contributed by atoms with van der Waals surface area (Å²) >= 11 is 0. The molecule has 0 radical (unpaired) electrons. The van der Waals surface area contributed by atoms with Crippen molar-refractivity contribution >= 4 is 5.69 Å². The van der Waals surface area contributed by atoms with Crippen LogP contribution in [-0.2, 0) is 0 Å². The van der Waals surface area contributed by atoms with Crippen molar-refractivity contribution in [3.8, 4) is 11.4 Å². The summed E-state index contributed by atoms with van der Waals surface area (Å²) < 4.78 is 0. The molecule has 0 saturated carbocycles. The van der Waals surface area contributed by atoms with Crippen molar-refractivity contribution < 1.29 is 0 Å². The van der Waals surface area contributed by atoms with Crippen LogP contribution in [0.4, 0.5) is 5.69 Å². The molecule has 1 aromatic carbocycles. The monoisotopic (exact) mass is 242 g/mol. The number of anilines is 1. The predicted molar refractivity (Wildman–Crippen MR) is 74.4 cm³/mol. The van der Waals surface area contributed by atoms with E-state index in [-0.39, 0.29) is 0 Å². The minimum atomic E-state index is 0.690. The van der Waals surface area contributed by atoms with Crippen LogP contribution in [0.5, 0.6) is 0 Å². The largest absolute Gasteiger partial charge is 0.383 e. The van der Waals surface area contributed by atoms with E-state index in [4.69, 9.17) is 5.73 Å². The van der Waals surface area contributed by atoms with E-state index in [1.54, 1.807) is 0 Å². The number of nitrogens with two attached hydrogens (primary N) is 1. The highest BCUT2D eigenvalue weighted by molar-refractivity contribution is 5.60. The van der Waals surface area contributed by atoms with Gasteiger partial charge in [0, 0.05) is 12.1 Å². The summed E-state index contributed by atoms with van der Waals surface area (Å²) in [6.45, 7) is 3.60. The van der Waals surface area contributed by atoms with Crippen molar-refractivity contribution in [2.45, 2.75) is 13.3 Å². The van der Waals surface area contributed by atoms with Crippen molar-refractivity contribution in [3.05, 3.63) is 42.2 Å². The molecule has 0 aliphatic heterocycles. The topological polar surface area (TPSA) is 63.8 Å². The van der Waals surface area contributed by atoms with Gasteiger partial charge >= 0.3 is 0 Å². The molecule has 2 aromatic rings. The summed E-state index contributed by atoms with van der Waals surface area (Å²) in [7, 11) is 0. The van der Waals surface area contributed by atoms with E-state index in [9.17, 15) is 0 Å². The molecule has 4 heteroatoms. The third-order valence-electron chi connectivity index (χ3n) is 2.75. The van der Waals surface area contributed by atoms with Gasteiger partial charge in [0.15, 0.2) is 5.82 Å². The Bertz CT molecular complexity index is 493. The first kappa shape index (κ1) is 12.5. The number of hydrogen-bond acceptors (Lipinski definition) is 4. The zero-order valence-electron chi connectivity index (χ0n) is 10.6. The molecule has 94 valence electrons. The number of rotatable bonds is 5. The van der Waals surface area contributed by atoms with Gasteiger partial charge in [0.1, 0.15) is 0 Å². The fraction of sp³-hybridized carbons (Fsp3) is 0.286. The second kappa shape index (κ2) is 6.12. The summed E-state index contributed by atoms with van der Waals surface area (Å²) in [6, 6.07) is 8.11. The van der Waals surface area contributed by atoms with Crippen LogP contribution in [0.15, 0.2) is 36.7 Å². The van der Waals surface area contributed by atoms with Gasteiger partial charge in [0.2, 0.25) is 0 Å². The molecule has 1 heterocycles. The van der Waals surface area contributed by atoms with Gasteiger partial charge in [-0.1, -0.05) is 24.3 Å². The fourth-order valence-electron chi connectivity index (χ4n) is 1.72. The second-order valence-electron chi connectivity index (χ2n) is 4.18. The Morgan fingerprint density at radius 1 is 1.17 bits per heavy atom. The Hall–Kier alpha value is -1.94. The summed E-state index contributed by atoms with van der Waals surface area (Å²) in [4.78, 5) is 8.77. The van der Waals surface area contributed by atoms with E-state index in [2.05, 4.69) is 28.3 Å². The van der Waals surface area contributed by atoms with Crippen LogP contribution < -0.4 is 11.1 Å². The molecule has 0 aliphatic rings. The molecule has 0 spiro atoms. The molecular formula is C14H18N4. The summed E-state index contributed by atoms with van der Waals surface area (Å²) in [5.41, 5.74) is 8.63. The Morgan fingerprint density at radius 2 is 1.89 bits per heavy atom. The number of nitrogens with zero attached hydrogens (tertiary/aromatic N) is 2.